The Balaban J connectivity index is 2.04. The number of amides is 2. The standard InChI is InChI=1S/C31H39N3O5S/c1-22-13-16-26(19-23(22)2)34(40(37,38)28-11-9-8-10-12-28)21-29(35)33(24(3)30(36)32-31(4,5)6)20-25-14-17-27(39-7)18-15-25/h8-19,24H,20-21H2,1-7H3,(H,32,36). The fourth-order valence-corrected chi connectivity index (χ4v) is 5.54. The molecule has 3 aromatic carbocycles. The van der Waals surface area contributed by atoms with E-state index in [2.05, 4.69) is 5.32 Å². The Bertz CT molecular complexity index is 1430. The number of benzene rings is 3. The molecule has 214 valence electrons. The second kappa shape index (κ2) is 12.6. The summed E-state index contributed by atoms with van der Waals surface area (Å²) in [6.07, 6.45) is 0. The number of hydrogen-bond donors (Lipinski definition) is 1. The van der Waals surface area contributed by atoms with Gasteiger partial charge in [-0.2, -0.15) is 0 Å². The number of nitrogens with one attached hydrogen (secondary N) is 1. The largest absolute Gasteiger partial charge is 0.497 e. The first-order valence-electron chi connectivity index (χ1n) is 13.1. The van der Waals surface area contributed by atoms with Crippen molar-refractivity contribution in [2.45, 2.75) is 64.6 Å². The molecule has 8 nitrogen and oxygen atoms in total. The number of rotatable bonds is 10. The second-order valence-electron chi connectivity index (χ2n) is 10.9. The number of carbonyl (C=O) groups is 2. The van der Waals surface area contributed by atoms with Gasteiger partial charge in [0, 0.05) is 12.1 Å². The fraction of sp³-hybridized carbons (Fsp3) is 0.355. The number of aryl methyl sites for hydroxylation is 2. The quantitative estimate of drug-likeness (QED) is 0.380. The van der Waals surface area contributed by atoms with Crippen LogP contribution >= 0.6 is 0 Å². The first-order chi connectivity index (χ1) is 18.7. The fourth-order valence-electron chi connectivity index (χ4n) is 4.11. The van der Waals surface area contributed by atoms with Crippen LogP contribution in [0.2, 0.25) is 0 Å². The zero-order valence-corrected chi connectivity index (χ0v) is 25.1. The lowest BCUT2D eigenvalue weighted by Crippen LogP contribution is -2.54. The summed E-state index contributed by atoms with van der Waals surface area (Å²) in [7, 11) is -2.53. The lowest BCUT2D eigenvalue weighted by atomic mass is 10.1. The molecule has 0 radical (unpaired) electrons. The molecule has 0 fully saturated rings. The molecule has 0 saturated heterocycles. The van der Waals surface area contributed by atoms with Crippen molar-refractivity contribution in [1.82, 2.24) is 10.2 Å². The first kappa shape index (κ1) is 30.7. The van der Waals surface area contributed by atoms with E-state index in [1.54, 1.807) is 56.5 Å². The second-order valence-corrected chi connectivity index (χ2v) is 12.7. The number of hydrogen-bond acceptors (Lipinski definition) is 5. The van der Waals surface area contributed by atoms with Crippen molar-refractivity contribution in [3.8, 4) is 5.75 Å². The summed E-state index contributed by atoms with van der Waals surface area (Å²) in [5, 5.41) is 2.93. The highest BCUT2D eigenvalue weighted by Crippen LogP contribution is 2.26. The molecule has 1 N–H and O–H groups in total. The Labute approximate surface area is 238 Å². The summed E-state index contributed by atoms with van der Waals surface area (Å²) in [5.41, 5.74) is 2.53. The van der Waals surface area contributed by atoms with Crippen LogP contribution in [-0.2, 0) is 26.2 Å². The normalized spacial score (nSPS) is 12.4. The molecule has 0 aliphatic carbocycles. The predicted molar refractivity (Wildman–Crippen MR) is 158 cm³/mol. The summed E-state index contributed by atoms with van der Waals surface area (Å²) < 4.78 is 34.1. The van der Waals surface area contributed by atoms with Crippen LogP contribution in [0.1, 0.15) is 44.4 Å². The minimum atomic E-state index is -4.10. The third-order valence-electron chi connectivity index (χ3n) is 6.57. The molecule has 0 aromatic heterocycles. The Morgan fingerprint density at radius 2 is 1.55 bits per heavy atom. The van der Waals surface area contributed by atoms with Crippen molar-refractivity contribution in [3.63, 3.8) is 0 Å². The van der Waals surface area contributed by atoms with Gasteiger partial charge in [-0.1, -0.05) is 36.4 Å². The molecule has 0 spiro atoms. The van der Waals surface area contributed by atoms with E-state index in [1.807, 2.05) is 52.8 Å². The lowest BCUT2D eigenvalue weighted by molar-refractivity contribution is -0.140. The molecule has 3 aromatic rings. The minimum absolute atomic E-state index is 0.0706. The van der Waals surface area contributed by atoms with Crippen LogP contribution in [-0.4, -0.2) is 50.4 Å². The monoisotopic (exact) mass is 565 g/mol. The maximum absolute atomic E-state index is 14.0. The molecule has 2 amide bonds. The van der Waals surface area contributed by atoms with Gasteiger partial charge < -0.3 is 15.0 Å². The van der Waals surface area contributed by atoms with Crippen molar-refractivity contribution >= 4 is 27.5 Å². The van der Waals surface area contributed by atoms with Gasteiger partial charge in [0.1, 0.15) is 18.3 Å². The molecule has 0 heterocycles. The van der Waals surface area contributed by atoms with Gasteiger partial charge in [-0.15, -0.1) is 0 Å². The van der Waals surface area contributed by atoms with Crippen molar-refractivity contribution in [2.24, 2.45) is 0 Å². The van der Waals surface area contributed by atoms with Crippen molar-refractivity contribution < 1.29 is 22.7 Å². The molecule has 0 aliphatic rings. The number of nitrogens with zero attached hydrogens (tertiary/aromatic N) is 2. The summed E-state index contributed by atoms with van der Waals surface area (Å²) in [6.45, 7) is 10.7. The lowest BCUT2D eigenvalue weighted by Gasteiger charge is -2.33. The number of ether oxygens (including phenoxy) is 1. The highest BCUT2D eigenvalue weighted by atomic mass is 32.2. The van der Waals surface area contributed by atoms with E-state index in [1.165, 1.54) is 17.0 Å². The van der Waals surface area contributed by atoms with Gasteiger partial charge in [0.25, 0.3) is 10.0 Å². The number of methoxy groups -OCH3 is 1. The third kappa shape index (κ3) is 7.63. The number of anilines is 1. The maximum atomic E-state index is 14.0. The molecule has 1 unspecified atom stereocenters. The first-order valence-corrected chi connectivity index (χ1v) is 14.6. The minimum Gasteiger partial charge on any atom is -0.497 e. The van der Waals surface area contributed by atoms with Gasteiger partial charge in [-0.3, -0.25) is 13.9 Å². The van der Waals surface area contributed by atoms with Crippen LogP contribution in [0.15, 0.2) is 77.7 Å². The molecule has 0 bridgehead atoms. The van der Waals surface area contributed by atoms with Gasteiger partial charge >= 0.3 is 0 Å². The molecule has 9 heteroatoms. The van der Waals surface area contributed by atoms with Gasteiger partial charge in [0.15, 0.2) is 0 Å². The van der Waals surface area contributed by atoms with E-state index >= 15 is 0 Å². The van der Waals surface area contributed by atoms with Crippen LogP contribution in [0.3, 0.4) is 0 Å². The van der Waals surface area contributed by atoms with Crippen LogP contribution in [0.25, 0.3) is 0 Å². The topological polar surface area (TPSA) is 96.0 Å². The predicted octanol–water partition coefficient (Wildman–Crippen LogP) is 4.84. The third-order valence-corrected chi connectivity index (χ3v) is 8.35. The Kier molecular flexibility index (Phi) is 9.63. The van der Waals surface area contributed by atoms with E-state index in [9.17, 15) is 18.0 Å². The van der Waals surface area contributed by atoms with Crippen molar-refractivity contribution in [2.75, 3.05) is 18.0 Å². The van der Waals surface area contributed by atoms with E-state index in [0.29, 0.717) is 11.4 Å². The molecular formula is C31H39N3O5S. The number of sulfonamides is 1. The summed E-state index contributed by atoms with van der Waals surface area (Å²) >= 11 is 0. The maximum Gasteiger partial charge on any atom is 0.264 e. The Morgan fingerprint density at radius 3 is 2.10 bits per heavy atom. The van der Waals surface area contributed by atoms with E-state index in [4.69, 9.17) is 4.74 Å². The zero-order chi connectivity index (χ0) is 29.7. The van der Waals surface area contributed by atoms with Crippen molar-refractivity contribution in [1.29, 1.82) is 0 Å². The van der Waals surface area contributed by atoms with Crippen molar-refractivity contribution in [3.05, 3.63) is 89.5 Å². The average Bonchev–Trinajstić information content (AvgIpc) is 2.91. The van der Waals surface area contributed by atoms with Crippen LogP contribution in [0.5, 0.6) is 5.75 Å². The zero-order valence-electron chi connectivity index (χ0n) is 24.3. The summed E-state index contributed by atoms with van der Waals surface area (Å²) in [4.78, 5) is 28.7. The van der Waals surface area contributed by atoms with Gasteiger partial charge in [0.2, 0.25) is 11.8 Å². The molecule has 1 atom stereocenters. The summed E-state index contributed by atoms with van der Waals surface area (Å²) in [6, 6.07) is 19.6. The van der Waals surface area contributed by atoms with Gasteiger partial charge in [-0.05, 0) is 94.6 Å². The van der Waals surface area contributed by atoms with E-state index in [0.717, 1.165) is 21.0 Å². The molecule has 3 rings (SSSR count). The molecule has 0 aliphatic heterocycles. The molecular weight excluding hydrogens is 526 g/mol. The highest BCUT2D eigenvalue weighted by Gasteiger charge is 2.33. The van der Waals surface area contributed by atoms with Crippen LogP contribution in [0, 0.1) is 13.8 Å². The van der Waals surface area contributed by atoms with Crippen LogP contribution < -0.4 is 14.4 Å². The van der Waals surface area contributed by atoms with E-state index < -0.39 is 34.1 Å². The molecule has 40 heavy (non-hydrogen) atoms. The van der Waals surface area contributed by atoms with Crippen LogP contribution in [0.4, 0.5) is 5.69 Å². The highest BCUT2D eigenvalue weighted by molar-refractivity contribution is 7.92. The Morgan fingerprint density at radius 1 is 0.925 bits per heavy atom. The molecule has 0 saturated carbocycles. The van der Waals surface area contributed by atoms with Gasteiger partial charge in [0.05, 0.1) is 17.7 Å². The number of carbonyl (C=O) groups excluding carboxylic acids is 2. The summed E-state index contributed by atoms with van der Waals surface area (Å²) in [5.74, 6) is -0.182. The van der Waals surface area contributed by atoms with E-state index in [-0.39, 0.29) is 17.3 Å². The van der Waals surface area contributed by atoms with Gasteiger partial charge in [-0.25, -0.2) is 8.42 Å². The smallest absolute Gasteiger partial charge is 0.264 e. The SMILES string of the molecule is COc1ccc(CN(C(=O)CN(c2ccc(C)c(C)c2)S(=O)(=O)c2ccccc2)C(C)C(=O)NC(C)(C)C)cc1. The average molecular weight is 566 g/mol. The Hall–Kier alpha value is -3.85.